The number of aromatic hydroxyl groups is 1. The molecule has 0 amide bonds. The molecule has 5 nitrogen and oxygen atoms in total. The summed E-state index contributed by atoms with van der Waals surface area (Å²) in [6.07, 6.45) is 5.99. The molecular weight excluding hydrogens is 404 g/mol. The molecule has 0 spiro atoms. The molecule has 2 N–H and O–H groups in total. The number of fused-ring (bicyclic) bond motifs is 1. The average molecular weight is 433 g/mol. The number of rotatable bonds is 4. The minimum Gasteiger partial charge on any atom is -0.508 e. The Morgan fingerprint density at radius 3 is 2.66 bits per heavy atom. The Labute approximate surface area is 188 Å². The second-order valence-corrected chi connectivity index (χ2v) is 9.18. The number of allylic oxidation sites excluding steroid dienone is 2. The van der Waals surface area contributed by atoms with Crippen molar-refractivity contribution in [1.82, 2.24) is 0 Å². The number of aliphatic hydroxyl groups excluding tert-OH is 1. The lowest BCUT2D eigenvalue weighted by Crippen LogP contribution is -2.32. The van der Waals surface area contributed by atoms with Crippen molar-refractivity contribution < 1.29 is 24.5 Å². The van der Waals surface area contributed by atoms with Gasteiger partial charge in [-0.3, -0.25) is 0 Å². The van der Waals surface area contributed by atoms with Crippen LogP contribution in [0.3, 0.4) is 0 Å². The molecule has 2 aliphatic heterocycles. The summed E-state index contributed by atoms with van der Waals surface area (Å²) in [5, 5.41) is 20.9. The number of aryl methyl sites for hydroxylation is 1. The second-order valence-electron chi connectivity index (χ2n) is 9.18. The van der Waals surface area contributed by atoms with E-state index < -0.39 is 5.97 Å². The number of hydrogen-bond donors (Lipinski definition) is 2. The standard InChI is InChI=1S/C27H28O5/c1-16(2)5-7-18-15-20(8-9-21(18)28)24-25(29)23(31-26(24)30)14-17-6-10-22-19(13-17)11-12-27(3,4)32-22/h5-6,8-10,13-15,28-29H,7,11-12H2,1-4H3. The summed E-state index contributed by atoms with van der Waals surface area (Å²) in [7, 11) is 0. The van der Waals surface area contributed by atoms with Crippen molar-refractivity contribution in [2.45, 2.75) is 52.6 Å². The van der Waals surface area contributed by atoms with Crippen LogP contribution in [-0.2, 0) is 22.4 Å². The largest absolute Gasteiger partial charge is 0.508 e. The predicted octanol–water partition coefficient (Wildman–Crippen LogP) is 5.87. The Balaban J connectivity index is 1.66. The molecular formula is C27H28O5. The monoisotopic (exact) mass is 432 g/mol. The Morgan fingerprint density at radius 1 is 1.12 bits per heavy atom. The SMILES string of the molecule is CC(C)=CCc1cc(C2=C(O)C(=Cc3ccc4c(c3)CCC(C)(C)O4)OC2=O)ccc1O. The number of hydrogen-bond acceptors (Lipinski definition) is 5. The molecule has 166 valence electrons. The van der Waals surface area contributed by atoms with E-state index in [9.17, 15) is 15.0 Å². The molecule has 5 heteroatoms. The Bertz CT molecular complexity index is 1180. The van der Waals surface area contributed by atoms with Crippen molar-refractivity contribution in [3.05, 3.63) is 81.8 Å². The lowest BCUT2D eigenvalue weighted by molar-refractivity contribution is -0.131. The van der Waals surface area contributed by atoms with E-state index in [2.05, 4.69) is 13.8 Å². The maximum atomic E-state index is 12.6. The van der Waals surface area contributed by atoms with E-state index in [-0.39, 0.29) is 28.4 Å². The predicted molar refractivity (Wildman–Crippen MR) is 124 cm³/mol. The molecule has 0 unspecified atom stereocenters. The Morgan fingerprint density at radius 2 is 1.91 bits per heavy atom. The third-order valence-corrected chi connectivity index (χ3v) is 5.74. The number of esters is 1. The highest BCUT2D eigenvalue weighted by molar-refractivity contribution is 6.21. The van der Waals surface area contributed by atoms with Crippen LogP contribution in [0.1, 0.15) is 56.4 Å². The minimum absolute atomic E-state index is 0.0951. The molecule has 0 saturated carbocycles. The fourth-order valence-electron chi connectivity index (χ4n) is 3.91. The van der Waals surface area contributed by atoms with Gasteiger partial charge in [-0.1, -0.05) is 23.8 Å². The van der Waals surface area contributed by atoms with Crippen LogP contribution in [0, 0.1) is 0 Å². The van der Waals surface area contributed by atoms with Gasteiger partial charge in [-0.05, 0) is 99.6 Å². The summed E-state index contributed by atoms with van der Waals surface area (Å²) in [5.41, 5.74) is 4.13. The van der Waals surface area contributed by atoms with Gasteiger partial charge in [0.15, 0.2) is 11.5 Å². The lowest BCUT2D eigenvalue weighted by Gasteiger charge is -2.32. The van der Waals surface area contributed by atoms with Gasteiger partial charge in [0.25, 0.3) is 0 Å². The molecule has 0 atom stereocenters. The van der Waals surface area contributed by atoms with Crippen LogP contribution in [0.25, 0.3) is 11.6 Å². The van der Waals surface area contributed by atoms with Crippen LogP contribution in [0.4, 0.5) is 0 Å². The van der Waals surface area contributed by atoms with Crippen molar-refractivity contribution in [1.29, 1.82) is 0 Å². The third kappa shape index (κ3) is 4.42. The van der Waals surface area contributed by atoms with Gasteiger partial charge < -0.3 is 19.7 Å². The highest BCUT2D eigenvalue weighted by Gasteiger charge is 2.32. The Hall–Kier alpha value is -3.47. The average Bonchev–Trinajstić information content (AvgIpc) is 3.00. The van der Waals surface area contributed by atoms with E-state index in [4.69, 9.17) is 9.47 Å². The van der Waals surface area contributed by atoms with E-state index in [1.165, 1.54) is 6.07 Å². The lowest BCUT2D eigenvalue weighted by atomic mass is 9.93. The van der Waals surface area contributed by atoms with Crippen LogP contribution in [0.5, 0.6) is 11.5 Å². The van der Waals surface area contributed by atoms with Gasteiger partial charge in [-0.15, -0.1) is 0 Å². The molecule has 32 heavy (non-hydrogen) atoms. The molecule has 0 fully saturated rings. The number of phenols is 1. The number of cyclic esters (lactones) is 1. The topological polar surface area (TPSA) is 76.0 Å². The molecule has 0 aliphatic carbocycles. The highest BCUT2D eigenvalue weighted by atomic mass is 16.6. The van der Waals surface area contributed by atoms with Crippen molar-refractivity contribution in [2.24, 2.45) is 0 Å². The van der Waals surface area contributed by atoms with Crippen LogP contribution < -0.4 is 4.74 Å². The first-order valence-electron chi connectivity index (χ1n) is 10.8. The van der Waals surface area contributed by atoms with Gasteiger partial charge in [0, 0.05) is 0 Å². The van der Waals surface area contributed by atoms with Crippen LogP contribution in [-0.4, -0.2) is 21.8 Å². The first-order valence-corrected chi connectivity index (χ1v) is 10.8. The zero-order valence-electron chi connectivity index (χ0n) is 18.9. The third-order valence-electron chi connectivity index (χ3n) is 5.74. The van der Waals surface area contributed by atoms with Gasteiger partial charge in [0.05, 0.1) is 0 Å². The van der Waals surface area contributed by atoms with Gasteiger partial charge in [-0.25, -0.2) is 4.79 Å². The van der Waals surface area contributed by atoms with Gasteiger partial charge in [0.1, 0.15) is 22.7 Å². The number of benzene rings is 2. The summed E-state index contributed by atoms with van der Waals surface area (Å²) >= 11 is 0. The van der Waals surface area contributed by atoms with Crippen LogP contribution in [0.15, 0.2) is 59.6 Å². The van der Waals surface area contributed by atoms with Gasteiger partial charge in [-0.2, -0.15) is 0 Å². The van der Waals surface area contributed by atoms with E-state index in [0.717, 1.165) is 35.3 Å². The molecule has 0 aromatic heterocycles. The van der Waals surface area contributed by atoms with Gasteiger partial charge >= 0.3 is 5.97 Å². The summed E-state index contributed by atoms with van der Waals surface area (Å²) < 4.78 is 11.4. The Kier molecular flexibility index (Phi) is 5.59. The van der Waals surface area contributed by atoms with E-state index in [1.807, 2.05) is 38.1 Å². The molecule has 4 rings (SSSR count). The molecule has 0 radical (unpaired) electrons. The van der Waals surface area contributed by atoms with E-state index in [0.29, 0.717) is 17.5 Å². The molecule has 2 aromatic rings. The maximum Gasteiger partial charge on any atom is 0.348 e. The number of carbonyl (C=O) groups is 1. The number of ether oxygens (including phenoxy) is 2. The van der Waals surface area contributed by atoms with Crippen molar-refractivity contribution in [3.8, 4) is 11.5 Å². The van der Waals surface area contributed by atoms with Crippen molar-refractivity contribution in [2.75, 3.05) is 0 Å². The van der Waals surface area contributed by atoms with E-state index in [1.54, 1.807) is 18.2 Å². The zero-order valence-corrected chi connectivity index (χ0v) is 18.9. The fourth-order valence-corrected chi connectivity index (χ4v) is 3.91. The van der Waals surface area contributed by atoms with Crippen LogP contribution >= 0.6 is 0 Å². The summed E-state index contributed by atoms with van der Waals surface area (Å²) in [6, 6.07) is 10.6. The normalized spacial score (nSPS) is 18.2. The molecule has 0 saturated heterocycles. The summed E-state index contributed by atoms with van der Waals surface area (Å²) in [6.45, 7) is 8.11. The first kappa shape index (κ1) is 21.8. The number of aliphatic hydroxyl groups is 1. The summed E-state index contributed by atoms with van der Waals surface area (Å²) in [5.74, 6) is 0.300. The van der Waals surface area contributed by atoms with Crippen LogP contribution in [0.2, 0.25) is 0 Å². The fraction of sp³-hybridized carbons (Fsp3) is 0.296. The number of phenolic OH excluding ortho intramolecular Hbond substituents is 1. The quantitative estimate of drug-likeness (QED) is 0.467. The zero-order chi connectivity index (χ0) is 23.0. The van der Waals surface area contributed by atoms with Crippen molar-refractivity contribution >= 4 is 17.6 Å². The smallest absolute Gasteiger partial charge is 0.348 e. The highest BCUT2D eigenvalue weighted by Crippen LogP contribution is 2.37. The molecule has 2 aromatic carbocycles. The van der Waals surface area contributed by atoms with E-state index >= 15 is 0 Å². The number of carbonyl (C=O) groups excluding carboxylic acids is 1. The molecule has 2 heterocycles. The summed E-state index contributed by atoms with van der Waals surface area (Å²) in [4.78, 5) is 12.6. The van der Waals surface area contributed by atoms with Gasteiger partial charge in [0.2, 0.25) is 0 Å². The molecule has 2 aliphatic rings. The molecule has 0 bridgehead atoms. The second kappa shape index (κ2) is 8.23. The van der Waals surface area contributed by atoms with Crippen molar-refractivity contribution in [3.63, 3.8) is 0 Å². The first-order chi connectivity index (χ1) is 15.1. The minimum atomic E-state index is -0.615. The maximum absolute atomic E-state index is 12.6.